The number of benzene rings is 1. The molecule has 0 spiro atoms. The number of anilines is 3. The fourth-order valence-electron chi connectivity index (χ4n) is 6.21. The van der Waals surface area contributed by atoms with Gasteiger partial charge in [-0.25, -0.2) is 9.78 Å². The average Bonchev–Trinajstić information content (AvgIpc) is 3.03. The summed E-state index contributed by atoms with van der Waals surface area (Å²) in [6.07, 6.45) is 9.46. The molecule has 0 bridgehead atoms. The van der Waals surface area contributed by atoms with Crippen molar-refractivity contribution in [1.29, 1.82) is 0 Å². The van der Waals surface area contributed by atoms with E-state index in [0.29, 0.717) is 30.8 Å². The number of likely N-dealkylation sites (N-methyl/N-ethyl adjacent to an activating group) is 1. The van der Waals surface area contributed by atoms with Crippen molar-refractivity contribution >= 4 is 35.1 Å². The molecule has 1 aliphatic heterocycles. The molecule has 1 aromatic heterocycles. The molecular weight excluding hydrogens is 554 g/mol. The zero-order valence-corrected chi connectivity index (χ0v) is 27.4. The lowest BCUT2D eigenvalue weighted by atomic mass is 9.84. The number of hydrogen-bond acceptors (Lipinski definition) is 8. The Hall–Kier alpha value is -3.43. The fraction of sp³-hybridized carbons (Fsp3) is 0.571. The van der Waals surface area contributed by atoms with Gasteiger partial charge in [0.2, 0.25) is 5.91 Å². The van der Waals surface area contributed by atoms with Gasteiger partial charge >= 0.3 is 5.97 Å². The van der Waals surface area contributed by atoms with Gasteiger partial charge in [-0.1, -0.05) is 6.92 Å². The van der Waals surface area contributed by atoms with E-state index in [1.54, 1.807) is 12.3 Å². The Morgan fingerprint density at radius 1 is 1.02 bits per heavy atom. The molecule has 9 heteroatoms. The second kappa shape index (κ2) is 16.0. The summed E-state index contributed by atoms with van der Waals surface area (Å²) in [6.45, 7) is 6.44. The van der Waals surface area contributed by atoms with E-state index in [9.17, 15) is 9.59 Å². The van der Waals surface area contributed by atoms with Crippen molar-refractivity contribution in [3.8, 4) is 0 Å². The molecule has 2 heterocycles. The highest BCUT2D eigenvalue weighted by molar-refractivity contribution is 5.94. The maximum Gasteiger partial charge on any atom is 0.330 e. The molecule has 2 aromatic rings. The molecule has 44 heavy (non-hydrogen) atoms. The molecular formula is C35H51N5O4. The smallest absolute Gasteiger partial charge is 0.330 e. The molecule has 240 valence electrons. The number of nitrogens with zero attached hydrogens (tertiary/aromatic N) is 5. The molecule has 4 rings (SSSR count). The van der Waals surface area contributed by atoms with Crippen LogP contribution in [0.15, 0.2) is 48.7 Å². The van der Waals surface area contributed by atoms with E-state index in [-0.39, 0.29) is 17.9 Å². The number of ether oxygens (including phenoxy) is 2. The minimum Gasteiger partial charge on any atom is -0.466 e. The van der Waals surface area contributed by atoms with Gasteiger partial charge in [0.15, 0.2) is 0 Å². The third-order valence-corrected chi connectivity index (χ3v) is 9.07. The van der Waals surface area contributed by atoms with Crippen LogP contribution in [0, 0.1) is 17.8 Å². The Bertz CT molecular complexity index is 1240. The lowest BCUT2D eigenvalue weighted by Gasteiger charge is -2.41. The maximum atomic E-state index is 14.2. The van der Waals surface area contributed by atoms with E-state index in [1.165, 1.54) is 24.6 Å². The zero-order valence-electron chi connectivity index (χ0n) is 27.4. The number of pyridine rings is 1. The predicted octanol–water partition coefficient (Wildman–Crippen LogP) is 4.97. The van der Waals surface area contributed by atoms with Crippen LogP contribution < -0.4 is 14.7 Å². The molecule has 9 nitrogen and oxygen atoms in total. The number of amides is 1. The molecule has 1 aliphatic carbocycles. The van der Waals surface area contributed by atoms with Crippen LogP contribution in [0.5, 0.6) is 0 Å². The molecule has 1 aromatic carbocycles. The molecule has 2 unspecified atom stereocenters. The van der Waals surface area contributed by atoms with Crippen LogP contribution in [-0.2, 0) is 19.1 Å². The number of hydrogen-bond donors (Lipinski definition) is 0. The second-order valence-corrected chi connectivity index (χ2v) is 12.8. The monoisotopic (exact) mass is 605 g/mol. The second-order valence-electron chi connectivity index (χ2n) is 12.8. The first kappa shape index (κ1) is 33.5. The van der Waals surface area contributed by atoms with Gasteiger partial charge in [0.05, 0.1) is 19.8 Å². The third kappa shape index (κ3) is 9.29. The Labute approximate surface area is 263 Å². The standard InChI is InChI=1S/C35H51N5O4/c1-26-24-39(31-12-10-30(11-13-31)38(4)5)20-18-29(26)25-40(33-23-27(17-19-36-33)7-16-34(41)43-6)35(42)28-8-14-32(15-9-28)44-22-21-37(2)3/h7,10-13,16-17,19,23,26,28-29,32H,8-9,14-15,18,20-22,24-25H2,1-6H3/b16-7+. The minimum atomic E-state index is -0.419. The van der Waals surface area contributed by atoms with Crippen molar-refractivity contribution < 1.29 is 19.1 Å². The van der Waals surface area contributed by atoms with Crippen molar-refractivity contribution in [2.24, 2.45) is 17.8 Å². The number of piperidine rings is 1. The van der Waals surface area contributed by atoms with E-state index in [2.05, 4.69) is 79.1 Å². The quantitative estimate of drug-likeness (QED) is 0.248. The van der Waals surface area contributed by atoms with Gasteiger partial charge in [0.1, 0.15) is 5.82 Å². The lowest BCUT2D eigenvalue weighted by molar-refractivity contribution is -0.134. The molecule has 1 saturated carbocycles. The first-order valence-corrected chi connectivity index (χ1v) is 16.0. The molecule has 2 aliphatic rings. The summed E-state index contributed by atoms with van der Waals surface area (Å²) >= 11 is 0. The zero-order chi connectivity index (χ0) is 31.6. The largest absolute Gasteiger partial charge is 0.466 e. The van der Waals surface area contributed by atoms with Crippen LogP contribution in [0.2, 0.25) is 0 Å². The molecule has 2 fully saturated rings. The fourth-order valence-corrected chi connectivity index (χ4v) is 6.21. The van der Waals surface area contributed by atoms with Gasteiger partial charge < -0.3 is 24.2 Å². The molecule has 1 amide bonds. The van der Waals surface area contributed by atoms with Crippen LogP contribution in [0.1, 0.15) is 44.6 Å². The van der Waals surface area contributed by atoms with Crippen molar-refractivity contribution in [2.45, 2.75) is 45.1 Å². The molecule has 0 N–H and O–H groups in total. The lowest BCUT2D eigenvalue weighted by Crippen LogP contribution is -2.47. The summed E-state index contributed by atoms with van der Waals surface area (Å²) < 4.78 is 10.9. The Balaban J connectivity index is 1.47. The molecule has 0 radical (unpaired) electrons. The van der Waals surface area contributed by atoms with Crippen LogP contribution in [0.25, 0.3) is 6.08 Å². The van der Waals surface area contributed by atoms with Gasteiger partial charge in [-0.15, -0.1) is 0 Å². The normalized spacial score (nSPS) is 22.3. The average molecular weight is 606 g/mol. The number of esters is 1. The highest BCUT2D eigenvalue weighted by atomic mass is 16.5. The Morgan fingerprint density at radius 2 is 1.75 bits per heavy atom. The summed E-state index contributed by atoms with van der Waals surface area (Å²) in [6, 6.07) is 12.5. The summed E-state index contributed by atoms with van der Waals surface area (Å²) in [7, 11) is 9.57. The third-order valence-electron chi connectivity index (χ3n) is 9.07. The first-order valence-electron chi connectivity index (χ1n) is 16.0. The highest BCUT2D eigenvalue weighted by Gasteiger charge is 2.35. The SMILES string of the molecule is COC(=O)/C=C/c1ccnc(N(CC2CCN(c3ccc(N(C)C)cc3)CC2C)C(=O)C2CCC(OCCN(C)C)CC2)c1. The van der Waals surface area contributed by atoms with Crippen molar-refractivity contribution in [2.75, 3.05) is 82.8 Å². The summed E-state index contributed by atoms with van der Waals surface area (Å²) in [5, 5.41) is 0. The minimum absolute atomic E-state index is 0.0506. The van der Waals surface area contributed by atoms with Crippen molar-refractivity contribution in [1.82, 2.24) is 9.88 Å². The molecule has 2 atom stereocenters. The van der Waals surface area contributed by atoms with Crippen LogP contribution in [0.4, 0.5) is 17.2 Å². The number of methoxy groups -OCH3 is 1. The topological polar surface area (TPSA) is 78.5 Å². The van der Waals surface area contributed by atoms with Crippen LogP contribution >= 0.6 is 0 Å². The van der Waals surface area contributed by atoms with Crippen molar-refractivity contribution in [3.05, 3.63) is 54.2 Å². The van der Waals surface area contributed by atoms with Gasteiger partial charge in [-0.3, -0.25) is 9.69 Å². The Morgan fingerprint density at radius 3 is 2.39 bits per heavy atom. The number of carbonyl (C=O) groups excluding carboxylic acids is 2. The summed E-state index contributed by atoms with van der Waals surface area (Å²) in [5.74, 6) is 1.06. The van der Waals surface area contributed by atoms with Crippen LogP contribution in [0.3, 0.4) is 0 Å². The van der Waals surface area contributed by atoms with Gasteiger partial charge in [-0.2, -0.15) is 0 Å². The van der Waals surface area contributed by atoms with E-state index in [0.717, 1.165) is 57.3 Å². The summed E-state index contributed by atoms with van der Waals surface area (Å²) in [4.78, 5) is 39.2. The number of rotatable bonds is 12. The maximum absolute atomic E-state index is 14.2. The molecule has 1 saturated heterocycles. The van der Waals surface area contributed by atoms with E-state index >= 15 is 0 Å². The summed E-state index contributed by atoms with van der Waals surface area (Å²) in [5.41, 5.74) is 3.24. The first-order chi connectivity index (χ1) is 21.1. The van der Waals surface area contributed by atoms with Crippen molar-refractivity contribution in [3.63, 3.8) is 0 Å². The Kier molecular flexibility index (Phi) is 12.2. The van der Waals surface area contributed by atoms with E-state index in [4.69, 9.17) is 9.47 Å². The van der Waals surface area contributed by atoms with Gasteiger partial charge in [-0.05, 0) is 106 Å². The van der Waals surface area contributed by atoms with Crippen LogP contribution in [-0.4, -0.2) is 96.0 Å². The van der Waals surface area contributed by atoms with Gasteiger partial charge in [0, 0.05) is 69.8 Å². The van der Waals surface area contributed by atoms with E-state index < -0.39 is 5.97 Å². The van der Waals surface area contributed by atoms with Gasteiger partial charge in [0.25, 0.3) is 0 Å². The predicted molar refractivity (Wildman–Crippen MR) is 178 cm³/mol. The number of aromatic nitrogens is 1. The highest BCUT2D eigenvalue weighted by Crippen LogP contribution is 2.33. The number of carbonyl (C=O) groups is 2. The van der Waals surface area contributed by atoms with E-state index in [1.807, 2.05) is 17.0 Å².